The van der Waals surface area contributed by atoms with Crippen molar-refractivity contribution in [3.05, 3.63) is 22.6 Å². The van der Waals surface area contributed by atoms with E-state index in [4.69, 9.17) is 0 Å². The van der Waals surface area contributed by atoms with Crippen LogP contribution in [0, 0.1) is 0 Å². The van der Waals surface area contributed by atoms with Gasteiger partial charge < -0.3 is 5.32 Å². The average Bonchev–Trinajstić information content (AvgIpc) is 2.44. The Morgan fingerprint density at radius 3 is 3.14 bits per heavy atom. The summed E-state index contributed by atoms with van der Waals surface area (Å²) < 4.78 is 0. The summed E-state index contributed by atoms with van der Waals surface area (Å²) >= 11 is 2.08. The molecule has 0 aromatic heterocycles. The van der Waals surface area contributed by atoms with Crippen molar-refractivity contribution < 1.29 is 0 Å². The van der Waals surface area contributed by atoms with E-state index in [9.17, 15) is 0 Å². The number of rotatable bonds is 1. The summed E-state index contributed by atoms with van der Waals surface area (Å²) in [5, 5.41) is 4.15. The Morgan fingerprint density at radius 1 is 1.43 bits per heavy atom. The lowest BCUT2D eigenvalue weighted by atomic mass is 10.0. The molecule has 78 valence electrons. The second kappa shape index (κ2) is 5.04. The summed E-state index contributed by atoms with van der Waals surface area (Å²) in [6, 6.07) is 0. The standard InChI is InChI=1S/C12H19NS/c1-10-4-2-3-5-12(14-10)11-6-8-13-9-7-11/h4,6,12-13H,2-3,5,7-9H2,1H3. The molecular weight excluding hydrogens is 190 g/mol. The summed E-state index contributed by atoms with van der Waals surface area (Å²) in [6.45, 7) is 4.51. The van der Waals surface area contributed by atoms with Gasteiger partial charge in [-0.25, -0.2) is 0 Å². The second-order valence-electron chi connectivity index (χ2n) is 4.09. The van der Waals surface area contributed by atoms with Crippen LogP contribution in [0.4, 0.5) is 0 Å². The van der Waals surface area contributed by atoms with Gasteiger partial charge in [0.1, 0.15) is 0 Å². The van der Waals surface area contributed by atoms with Crippen molar-refractivity contribution >= 4 is 11.8 Å². The first-order valence-corrected chi connectivity index (χ1v) is 6.47. The van der Waals surface area contributed by atoms with Crippen LogP contribution in [-0.4, -0.2) is 18.3 Å². The largest absolute Gasteiger partial charge is 0.313 e. The highest BCUT2D eigenvalue weighted by Crippen LogP contribution is 2.35. The van der Waals surface area contributed by atoms with Gasteiger partial charge in [-0.1, -0.05) is 17.7 Å². The van der Waals surface area contributed by atoms with Gasteiger partial charge in [0.2, 0.25) is 0 Å². The zero-order valence-electron chi connectivity index (χ0n) is 8.88. The van der Waals surface area contributed by atoms with Crippen molar-refractivity contribution in [2.75, 3.05) is 13.1 Å². The van der Waals surface area contributed by atoms with Crippen LogP contribution in [0.2, 0.25) is 0 Å². The van der Waals surface area contributed by atoms with E-state index in [1.165, 1.54) is 37.1 Å². The third-order valence-corrected chi connectivity index (χ3v) is 4.30. The van der Waals surface area contributed by atoms with Crippen LogP contribution in [0.5, 0.6) is 0 Å². The van der Waals surface area contributed by atoms with Gasteiger partial charge in [-0.05, 0) is 44.1 Å². The molecule has 2 aliphatic rings. The second-order valence-corrected chi connectivity index (χ2v) is 5.53. The van der Waals surface area contributed by atoms with Crippen LogP contribution in [0.25, 0.3) is 0 Å². The first-order chi connectivity index (χ1) is 6.86. The van der Waals surface area contributed by atoms with Gasteiger partial charge in [0, 0.05) is 11.8 Å². The molecule has 1 atom stereocenters. The zero-order chi connectivity index (χ0) is 9.80. The van der Waals surface area contributed by atoms with E-state index in [2.05, 4.69) is 36.2 Å². The molecule has 14 heavy (non-hydrogen) atoms. The third kappa shape index (κ3) is 2.64. The van der Waals surface area contributed by atoms with Gasteiger partial charge in [-0.2, -0.15) is 0 Å². The van der Waals surface area contributed by atoms with Gasteiger partial charge in [-0.15, -0.1) is 11.8 Å². The smallest absolute Gasteiger partial charge is 0.0301 e. The Morgan fingerprint density at radius 2 is 2.36 bits per heavy atom. The molecule has 2 heterocycles. The van der Waals surface area contributed by atoms with Crippen LogP contribution < -0.4 is 5.32 Å². The minimum Gasteiger partial charge on any atom is -0.313 e. The Hall–Kier alpha value is -0.210. The molecule has 1 unspecified atom stereocenters. The fourth-order valence-electron chi connectivity index (χ4n) is 2.13. The third-order valence-electron chi connectivity index (χ3n) is 2.94. The molecule has 2 heteroatoms. The lowest BCUT2D eigenvalue weighted by molar-refractivity contribution is 0.661. The maximum Gasteiger partial charge on any atom is 0.0301 e. The normalized spacial score (nSPS) is 29.1. The molecule has 0 saturated heterocycles. The first-order valence-electron chi connectivity index (χ1n) is 5.59. The fraction of sp³-hybridized carbons (Fsp3) is 0.667. The first kappa shape index (κ1) is 10.3. The molecule has 0 fully saturated rings. The summed E-state index contributed by atoms with van der Waals surface area (Å²) in [5.41, 5.74) is 1.68. The van der Waals surface area contributed by atoms with Gasteiger partial charge >= 0.3 is 0 Å². The molecule has 1 nitrogen and oxygen atoms in total. The van der Waals surface area contributed by atoms with Crippen LogP contribution in [0.1, 0.15) is 32.6 Å². The number of hydrogen-bond donors (Lipinski definition) is 1. The molecule has 0 bridgehead atoms. The molecule has 0 spiro atoms. The van der Waals surface area contributed by atoms with E-state index >= 15 is 0 Å². The van der Waals surface area contributed by atoms with E-state index < -0.39 is 0 Å². The molecule has 0 aromatic carbocycles. The van der Waals surface area contributed by atoms with Crippen molar-refractivity contribution in [2.45, 2.75) is 37.9 Å². The van der Waals surface area contributed by atoms with Gasteiger partial charge in [0.15, 0.2) is 0 Å². The van der Waals surface area contributed by atoms with E-state index in [1.54, 1.807) is 5.57 Å². The van der Waals surface area contributed by atoms with Crippen molar-refractivity contribution in [2.24, 2.45) is 0 Å². The topological polar surface area (TPSA) is 12.0 Å². The summed E-state index contributed by atoms with van der Waals surface area (Å²) in [6.07, 6.45) is 10.1. The van der Waals surface area contributed by atoms with Crippen LogP contribution in [0.15, 0.2) is 22.6 Å². The molecule has 0 saturated carbocycles. The van der Waals surface area contributed by atoms with Crippen LogP contribution in [-0.2, 0) is 0 Å². The van der Waals surface area contributed by atoms with Crippen molar-refractivity contribution in [1.82, 2.24) is 5.32 Å². The highest BCUT2D eigenvalue weighted by Gasteiger charge is 2.18. The Bertz CT molecular complexity index is 255. The van der Waals surface area contributed by atoms with Gasteiger partial charge in [0.25, 0.3) is 0 Å². The summed E-state index contributed by atoms with van der Waals surface area (Å²) in [5.74, 6) is 0. The number of nitrogens with one attached hydrogen (secondary N) is 1. The van der Waals surface area contributed by atoms with E-state index in [1.807, 2.05) is 0 Å². The van der Waals surface area contributed by atoms with Crippen molar-refractivity contribution in [1.29, 1.82) is 0 Å². The molecular formula is C12H19NS. The highest BCUT2D eigenvalue weighted by molar-refractivity contribution is 8.03. The minimum atomic E-state index is 0.774. The van der Waals surface area contributed by atoms with E-state index in [-0.39, 0.29) is 0 Å². The van der Waals surface area contributed by atoms with Crippen LogP contribution in [0.3, 0.4) is 0 Å². The minimum absolute atomic E-state index is 0.774. The molecule has 0 aliphatic carbocycles. The highest BCUT2D eigenvalue weighted by atomic mass is 32.2. The van der Waals surface area contributed by atoms with Gasteiger partial charge in [-0.3, -0.25) is 0 Å². The predicted octanol–water partition coefficient (Wildman–Crippen LogP) is 3.10. The average molecular weight is 209 g/mol. The van der Waals surface area contributed by atoms with E-state index in [0.717, 1.165) is 11.8 Å². The van der Waals surface area contributed by atoms with Crippen LogP contribution >= 0.6 is 11.8 Å². The number of hydrogen-bond acceptors (Lipinski definition) is 2. The Balaban J connectivity index is 2.02. The maximum absolute atomic E-state index is 3.38. The number of allylic oxidation sites excluding steroid dienone is 2. The fourth-order valence-corrected chi connectivity index (χ4v) is 3.45. The molecule has 1 N–H and O–H groups in total. The molecule has 0 radical (unpaired) electrons. The monoisotopic (exact) mass is 209 g/mol. The Kier molecular flexibility index (Phi) is 3.71. The number of thioether (sulfide) groups is 1. The summed E-state index contributed by atoms with van der Waals surface area (Å²) in [4.78, 5) is 1.52. The molecule has 2 rings (SSSR count). The SMILES string of the molecule is CC1=CCCCC(C2=CCNCC2)S1. The Labute approximate surface area is 91.0 Å². The van der Waals surface area contributed by atoms with Crippen molar-refractivity contribution in [3.8, 4) is 0 Å². The maximum atomic E-state index is 3.38. The molecule has 0 aromatic rings. The van der Waals surface area contributed by atoms with E-state index in [0.29, 0.717) is 0 Å². The lowest BCUT2D eigenvalue weighted by Crippen LogP contribution is -2.24. The predicted molar refractivity (Wildman–Crippen MR) is 64.6 cm³/mol. The summed E-state index contributed by atoms with van der Waals surface area (Å²) in [7, 11) is 0. The van der Waals surface area contributed by atoms with Gasteiger partial charge in [0.05, 0.1) is 0 Å². The zero-order valence-corrected chi connectivity index (χ0v) is 9.70. The quantitative estimate of drug-likeness (QED) is 0.666. The lowest BCUT2D eigenvalue weighted by Gasteiger charge is -2.22. The molecule has 0 amide bonds. The molecule has 2 aliphatic heterocycles. The van der Waals surface area contributed by atoms with Crippen molar-refractivity contribution in [3.63, 3.8) is 0 Å².